The normalized spacial score (nSPS) is 22.2. The summed E-state index contributed by atoms with van der Waals surface area (Å²) in [4.78, 5) is 23.1. The summed E-state index contributed by atoms with van der Waals surface area (Å²) in [5.74, 6) is -2.00. The lowest BCUT2D eigenvalue weighted by atomic mass is 10.0. The van der Waals surface area contributed by atoms with Crippen molar-refractivity contribution in [2.45, 2.75) is 13.0 Å². The minimum Gasteiger partial charge on any atom is -0.481 e. The fourth-order valence-electron chi connectivity index (χ4n) is 2.04. The van der Waals surface area contributed by atoms with E-state index in [0.717, 1.165) is 0 Å². The largest absolute Gasteiger partial charge is 0.481 e. The van der Waals surface area contributed by atoms with E-state index in [0.29, 0.717) is 16.1 Å². The molecule has 1 fully saturated rings. The van der Waals surface area contributed by atoms with E-state index in [1.807, 2.05) is 0 Å². The number of halogens is 1. The number of carboxylic acid groups (broad SMARTS) is 1. The Labute approximate surface area is 115 Å². The van der Waals surface area contributed by atoms with E-state index in [-0.39, 0.29) is 19.1 Å². The highest BCUT2D eigenvalue weighted by molar-refractivity contribution is 6.31. The van der Waals surface area contributed by atoms with E-state index in [9.17, 15) is 9.59 Å². The summed E-state index contributed by atoms with van der Waals surface area (Å²) in [5.41, 5.74) is 1.12. The van der Waals surface area contributed by atoms with Crippen molar-refractivity contribution in [1.29, 1.82) is 0 Å². The molecular formula is C13H14ClNO4. The zero-order valence-electron chi connectivity index (χ0n) is 10.4. The molecule has 6 heteroatoms. The van der Waals surface area contributed by atoms with Crippen molar-refractivity contribution in [1.82, 2.24) is 5.32 Å². The third kappa shape index (κ3) is 2.88. The van der Waals surface area contributed by atoms with Gasteiger partial charge in [0.25, 0.3) is 5.91 Å². The number of hydrogen-bond acceptors (Lipinski definition) is 3. The maximum Gasteiger partial charge on any atom is 0.311 e. The average molecular weight is 284 g/mol. The first-order chi connectivity index (χ1) is 9.00. The van der Waals surface area contributed by atoms with Crippen LogP contribution in [-0.2, 0) is 9.53 Å². The lowest BCUT2D eigenvalue weighted by molar-refractivity contribution is -0.142. The second-order valence-electron chi connectivity index (χ2n) is 4.47. The summed E-state index contributed by atoms with van der Waals surface area (Å²) >= 11 is 5.95. The molecule has 1 heterocycles. The number of ether oxygens (including phenoxy) is 1. The van der Waals surface area contributed by atoms with Crippen LogP contribution in [0.15, 0.2) is 18.2 Å². The molecule has 1 amide bonds. The standard InChI is InChI=1S/C13H14ClNO4/c1-7-8(3-2-4-10(7)14)12(16)15-11-6-19-5-9(11)13(17)18/h2-4,9,11H,5-6H2,1H3,(H,15,16)(H,17,18). The summed E-state index contributed by atoms with van der Waals surface area (Å²) in [5, 5.41) is 12.2. The van der Waals surface area contributed by atoms with Crippen LogP contribution in [0.1, 0.15) is 15.9 Å². The third-order valence-corrected chi connectivity index (χ3v) is 3.64. The predicted octanol–water partition coefficient (Wildman–Crippen LogP) is 1.48. The molecule has 1 aromatic carbocycles. The fourth-order valence-corrected chi connectivity index (χ4v) is 2.21. The minimum absolute atomic E-state index is 0.120. The molecule has 2 N–H and O–H groups in total. The summed E-state index contributed by atoms with van der Waals surface area (Å²) in [7, 11) is 0. The lowest BCUT2D eigenvalue weighted by Crippen LogP contribution is -2.42. The van der Waals surface area contributed by atoms with E-state index in [1.165, 1.54) is 0 Å². The number of carboxylic acids is 1. The zero-order chi connectivity index (χ0) is 14.0. The van der Waals surface area contributed by atoms with E-state index in [4.69, 9.17) is 21.4 Å². The molecule has 1 aliphatic heterocycles. The molecule has 2 unspecified atom stereocenters. The first-order valence-electron chi connectivity index (χ1n) is 5.87. The smallest absolute Gasteiger partial charge is 0.311 e. The minimum atomic E-state index is -0.967. The molecule has 0 bridgehead atoms. The van der Waals surface area contributed by atoms with Gasteiger partial charge in [0.05, 0.1) is 19.3 Å². The quantitative estimate of drug-likeness (QED) is 0.881. The third-order valence-electron chi connectivity index (χ3n) is 3.23. The molecule has 19 heavy (non-hydrogen) atoms. The maximum atomic E-state index is 12.1. The Balaban J connectivity index is 2.13. The van der Waals surface area contributed by atoms with Gasteiger partial charge in [-0.05, 0) is 24.6 Å². The van der Waals surface area contributed by atoms with Crippen LogP contribution in [0.2, 0.25) is 5.02 Å². The van der Waals surface area contributed by atoms with Crippen LogP contribution in [0.5, 0.6) is 0 Å². The maximum absolute atomic E-state index is 12.1. The SMILES string of the molecule is Cc1c(Cl)cccc1C(=O)NC1COCC1C(=O)O. The molecular weight excluding hydrogens is 270 g/mol. The van der Waals surface area contributed by atoms with Crippen LogP contribution in [0, 0.1) is 12.8 Å². The molecule has 0 spiro atoms. The van der Waals surface area contributed by atoms with Crippen molar-refractivity contribution in [2.75, 3.05) is 13.2 Å². The van der Waals surface area contributed by atoms with Gasteiger partial charge in [0.15, 0.2) is 0 Å². The molecule has 1 saturated heterocycles. The zero-order valence-corrected chi connectivity index (χ0v) is 11.1. The summed E-state index contributed by atoms with van der Waals surface area (Å²) in [6.45, 7) is 2.08. The van der Waals surface area contributed by atoms with Crippen molar-refractivity contribution < 1.29 is 19.4 Å². The number of nitrogens with one attached hydrogen (secondary N) is 1. The van der Waals surface area contributed by atoms with Gasteiger partial charge < -0.3 is 15.2 Å². The Kier molecular flexibility index (Phi) is 4.07. The molecule has 0 radical (unpaired) electrons. The van der Waals surface area contributed by atoms with Crippen molar-refractivity contribution in [3.05, 3.63) is 34.3 Å². The van der Waals surface area contributed by atoms with Crippen molar-refractivity contribution >= 4 is 23.5 Å². The van der Waals surface area contributed by atoms with Crippen LogP contribution in [0.3, 0.4) is 0 Å². The number of carbonyl (C=O) groups is 2. The van der Waals surface area contributed by atoms with Crippen LogP contribution >= 0.6 is 11.6 Å². The van der Waals surface area contributed by atoms with Gasteiger partial charge in [-0.2, -0.15) is 0 Å². The van der Waals surface area contributed by atoms with Gasteiger partial charge in [-0.1, -0.05) is 17.7 Å². The van der Waals surface area contributed by atoms with Crippen molar-refractivity contribution in [3.63, 3.8) is 0 Å². The molecule has 5 nitrogen and oxygen atoms in total. The van der Waals surface area contributed by atoms with Gasteiger partial charge in [-0.25, -0.2) is 0 Å². The van der Waals surface area contributed by atoms with E-state index >= 15 is 0 Å². The number of carbonyl (C=O) groups excluding carboxylic acids is 1. The van der Waals surface area contributed by atoms with Gasteiger partial charge in [0, 0.05) is 10.6 Å². The summed E-state index contributed by atoms with van der Waals surface area (Å²) in [6, 6.07) is 4.53. The van der Waals surface area contributed by atoms with E-state index < -0.39 is 17.9 Å². The topological polar surface area (TPSA) is 75.6 Å². The molecule has 0 aliphatic carbocycles. The van der Waals surface area contributed by atoms with Crippen LogP contribution in [0.25, 0.3) is 0 Å². The van der Waals surface area contributed by atoms with Gasteiger partial charge in [0.1, 0.15) is 5.92 Å². The van der Waals surface area contributed by atoms with Crippen molar-refractivity contribution in [2.24, 2.45) is 5.92 Å². The Morgan fingerprint density at radius 1 is 1.42 bits per heavy atom. The Morgan fingerprint density at radius 2 is 2.16 bits per heavy atom. The predicted molar refractivity (Wildman–Crippen MR) is 69.4 cm³/mol. The Morgan fingerprint density at radius 3 is 2.84 bits per heavy atom. The highest BCUT2D eigenvalue weighted by Crippen LogP contribution is 2.20. The molecule has 2 rings (SSSR count). The summed E-state index contributed by atoms with van der Waals surface area (Å²) < 4.78 is 5.10. The Hall–Kier alpha value is -1.59. The second-order valence-corrected chi connectivity index (χ2v) is 4.88. The van der Waals surface area contributed by atoms with E-state index in [1.54, 1.807) is 25.1 Å². The number of rotatable bonds is 3. The number of aliphatic carboxylic acids is 1. The monoisotopic (exact) mass is 283 g/mol. The highest BCUT2D eigenvalue weighted by Gasteiger charge is 2.35. The first kappa shape index (κ1) is 13.8. The number of hydrogen-bond donors (Lipinski definition) is 2. The van der Waals surface area contributed by atoms with Crippen LogP contribution in [0.4, 0.5) is 0 Å². The van der Waals surface area contributed by atoms with Gasteiger partial charge in [-0.3, -0.25) is 9.59 Å². The van der Waals surface area contributed by atoms with Gasteiger partial charge in [-0.15, -0.1) is 0 Å². The average Bonchev–Trinajstić information content (AvgIpc) is 2.80. The summed E-state index contributed by atoms with van der Waals surface area (Å²) in [6.07, 6.45) is 0. The molecule has 102 valence electrons. The highest BCUT2D eigenvalue weighted by atomic mass is 35.5. The molecule has 2 atom stereocenters. The molecule has 0 saturated carbocycles. The van der Waals surface area contributed by atoms with Crippen LogP contribution in [-0.4, -0.2) is 36.2 Å². The Bertz CT molecular complexity index is 517. The van der Waals surface area contributed by atoms with Gasteiger partial charge in [0.2, 0.25) is 0 Å². The van der Waals surface area contributed by atoms with E-state index in [2.05, 4.69) is 5.32 Å². The lowest BCUT2D eigenvalue weighted by Gasteiger charge is -2.16. The van der Waals surface area contributed by atoms with Crippen LogP contribution < -0.4 is 5.32 Å². The number of amides is 1. The fraction of sp³-hybridized carbons (Fsp3) is 0.385. The number of benzene rings is 1. The molecule has 1 aromatic rings. The van der Waals surface area contributed by atoms with Crippen molar-refractivity contribution in [3.8, 4) is 0 Å². The first-order valence-corrected chi connectivity index (χ1v) is 6.25. The molecule has 1 aliphatic rings. The molecule has 0 aromatic heterocycles. The van der Waals surface area contributed by atoms with Gasteiger partial charge >= 0.3 is 5.97 Å². The second kappa shape index (κ2) is 5.59.